The second-order valence-electron chi connectivity index (χ2n) is 4.87. The average molecular weight is 375 g/mol. The van der Waals surface area contributed by atoms with Crippen molar-refractivity contribution in [1.82, 2.24) is 19.7 Å². The van der Waals surface area contributed by atoms with Crippen LogP contribution < -0.4 is 0 Å². The van der Waals surface area contributed by atoms with E-state index in [0.717, 1.165) is 16.4 Å². The first kappa shape index (κ1) is 15.4. The van der Waals surface area contributed by atoms with E-state index in [2.05, 4.69) is 15.1 Å². The van der Waals surface area contributed by atoms with Crippen molar-refractivity contribution in [1.29, 1.82) is 0 Å². The van der Waals surface area contributed by atoms with E-state index in [1.54, 1.807) is 17.5 Å². The smallest absolute Gasteiger partial charge is 0.237 e. The molecule has 0 amide bonds. The zero-order valence-corrected chi connectivity index (χ0v) is 14.7. The van der Waals surface area contributed by atoms with Crippen LogP contribution in [0.1, 0.15) is 5.89 Å². The van der Waals surface area contributed by atoms with E-state index in [0.29, 0.717) is 22.5 Å². The molecule has 8 heteroatoms. The molecule has 0 atom stereocenters. The highest BCUT2D eigenvalue weighted by Crippen LogP contribution is 2.26. The predicted octanol–water partition coefficient (Wildman–Crippen LogP) is 4.93. The molecule has 0 spiro atoms. The number of rotatable bonds is 5. The summed E-state index contributed by atoms with van der Waals surface area (Å²) in [6.07, 6.45) is 3.66. The fourth-order valence-corrected chi connectivity index (χ4v) is 3.80. The minimum atomic E-state index is 0.550. The molecule has 5 nitrogen and oxygen atoms in total. The topological polar surface area (TPSA) is 56.7 Å². The summed E-state index contributed by atoms with van der Waals surface area (Å²) in [5.74, 6) is 1.74. The van der Waals surface area contributed by atoms with Crippen LogP contribution in [0.5, 0.6) is 0 Å². The van der Waals surface area contributed by atoms with Crippen molar-refractivity contribution in [2.75, 3.05) is 0 Å². The van der Waals surface area contributed by atoms with Crippen molar-refractivity contribution >= 4 is 34.7 Å². The van der Waals surface area contributed by atoms with Gasteiger partial charge in [0.15, 0.2) is 5.16 Å². The van der Waals surface area contributed by atoms with Crippen molar-refractivity contribution in [3.05, 3.63) is 64.4 Å². The molecule has 0 N–H and O–H groups in total. The highest BCUT2D eigenvalue weighted by Gasteiger charge is 2.12. The summed E-state index contributed by atoms with van der Waals surface area (Å²) in [5, 5.41) is 9.52. The quantitative estimate of drug-likeness (QED) is 0.463. The summed E-state index contributed by atoms with van der Waals surface area (Å²) >= 11 is 9.20. The van der Waals surface area contributed by atoms with E-state index in [1.165, 1.54) is 11.8 Å². The lowest BCUT2D eigenvalue weighted by Crippen LogP contribution is -1.95. The van der Waals surface area contributed by atoms with Gasteiger partial charge in [-0.1, -0.05) is 34.6 Å². The van der Waals surface area contributed by atoms with Crippen LogP contribution in [-0.4, -0.2) is 19.7 Å². The Hall–Kier alpha value is -2.09. The fraction of sp³-hybridized carbons (Fsp3) is 0.0625. The fourth-order valence-electron chi connectivity index (χ4n) is 2.17. The Kier molecular flexibility index (Phi) is 4.38. The molecule has 0 saturated carbocycles. The van der Waals surface area contributed by atoms with Gasteiger partial charge in [-0.25, -0.2) is 4.98 Å². The first-order valence-corrected chi connectivity index (χ1v) is 9.37. The van der Waals surface area contributed by atoms with E-state index < -0.39 is 0 Å². The number of hydrogen-bond acceptors (Lipinski definition) is 6. The molecule has 0 unspecified atom stereocenters. The van der Waals surface area contributed by atoms with Gasteiger partial charge in [-0.05, 0) is 29.6 Å². The zero-order chi connectivity index (χ0) is 16.4. The molecule has 4 rings (SSSR count). The second-order valence-corrected chi connectivity index (χ2v) is 7.03. The third kappa shape index (κ3) is 3.24. The van der Waals surface area contributed by atoms with Crippen LogP contribution in [0.15, 0.2) is 63.2 Å². The van der Waals surface area contributed by atoms with Crippen LogP contribution in [0.4, 0.5) is 0 Å². The molecule has 0 aliphatic carbocycles. The Bertz CT molecular complexity index is 949. The van der Waals surface area contributed by atoms with Gasteiger partial charge >= 0.3 is 0 Å². The van der Waals surface area contributed by atoms with Gasteiger partial charge < -0.3 is 4.52 Å². The van der Waals surface area contributed by atoms with Crippen LogP contribution in [-0.2, 0) is 5.75 Å². The third-order valence-corrected chi connectivity index (χ3v) is 5.14. The molecule has 3 aromatic heterocycles. The number of hydrogen-bond donors (Lipinski definition) is 0. The molecule has 24 heavy (non-hydrogen) atoms. The van der Waals surface area contributed by atoms with Crippen molar-refractivity contribution < 1.29 is 4.52 Å². The highest BCUT2D eigenvalue weighted by atomic mass is 35.5. The Morgan fingerprint density at radius 3 is 3.08 bits per heavy atom. The third-order valence-electron chi connectivity index (χ3n) is 3.27. The van der Waals surface area contributed by atoms with Gasteiger partial charge in [0.1, 0.15) is 0 Å². The van der Waals surface area contributed by atoms with Gasteiger partial charge in [-0.15, -0.1) is 0 Å². The highest BCUT2D eigenvalue weighted by molar-refractivity contribution is 7.98. The Morgan fingerprint density at radius 1 is 1.29 bits per heavy atom. The van der Waals surface area contributed by atoms with Gasteiger partial charge in [0.05, 0.1) is 5.75 Å². The minimum absolute atomic E-state index is 0.550. The summed E-state index contributed by atoms with van der Waals surface area (Å²) in [7, 11) is 0. The standard InChI is InChI=1S/C16H11ClN4OS2/c17-12-2-1-3-13(8-12)21-6-5-18-16(21)24-10-14-19-15(20-22-14)11-4-7-23-9-11/h1-9H,10H2. The van der Waals surface area contributed by atoms with E-state index in [9.17, 15) is 0 Å². The van der Waals surface area contributed by atoms with Crippen LogP contribution in [0, 0.1) is 0 Å². The van der Waals surface area contributed by atoms with Crippen LogP contribution in [0.3, 0.4) is 0 Å². The summed E-state index contributed by atoms with van der Waals surface area (Å²) < 4.78 is 7.29. The van der Waals surface area contributed by atoms with Gasteiger partial charge in [-0.3, -0.25) is 4.57 Å². The number of imidazole rings is 1. The maximum absolute atomic E-state index is 6.07. The SMILES string of the molecule is Clc1cccc(-n2ccnc2SCc2nc(-c3ccsc3)no2)c1. The molecule has 3 heterocycles. The average Bonchev–Trinajstić information content (AvgIpc) is 3.33. The Balaban J connectivity index is 1.50. The van der Waals surface area contributed by atoms with E-state index in [4.69, 9.17) is 16.1 Å². The van der Waals surface area contributed by atoms with E-state index >= 15 is 0 Å². The molecule has 0 bridgehead atoms. The number of aromatic nitrogens is 4. The predicted molar refractivity (Wildman–Crippen MR) is 95.7 cm³/mol. The molecular weight excluding hydrogens is 364 g/mol. The van der Waals surface area contributed by atoms with Crippen molar-refractivity contribution in [2.45, 2.75) is 10.9 Å². The van der Waals surface area contributed by atoms with Gasteiger partial charge in [0, 0.05) is 34.0 Å². The van der Waals surface area contributed by atoms with E-state index in [1.807, 2.05) is 51.9 Å². The van der Waals surface area contributed by atoms with Crippen LogP contribution in [0.25, 0.3) is 17.1 Å². The lowest BCUT2D eigenvalue weighted by atomic mass is 10.3. The summed E-state index contributed by atoms with van der Waals surface area (Å²) in [5.41, 5.74) is 1.94. The van der Waals surface area contributed by atoms with Crippen molar-refractivity contribution in [3.8, 4) is 17.1 Å². The first-order valence-electron chi connectivity index (χ1n) is 7.07. The molecular formula is C16H11ClN4OS2. The van der Waals surface area contributed by atoms with Crippen molar-refractivity contribution in [3.63, 3.8) is 0 Å². The molecule has 0 fully saturated rings. The number of halogens is 1. The van der Waals surface area contributed by atoms with Gasteiger partial charge in [-0.2, -0.15) is 16.3 Å². The molecule has 1 aromatic carbocycles. The Labute approximate surface area is 151 Å². The second kappa shape index (κ2) is 6.80. The molecule has 0 saturated heterocycles. The summed E-state index contributed by atoms with van der Waals surface area (Å²) in [6, 6.07) is 9.61. The molecule has 120 valence electrons. The number of thioether (sulfide) groups is 1. The van der Waals surface area contributed by atoms with Crippen LogP contribution in [0.2, 0.25) is 5.02 Å². The largest absolute Gasteiger partial charge is 0.338 e. The zero-order valence-electron chi connectivity index (χ0n) is 12.3. The molecule has 0 radical (unpaired) electrons. The summed E-state index contributed by atoms with van der Waals surface area (Å²) in [4.78, 5) is 8.81. The molecule has 0 aliphatic heterocycles. The maximum atomic E-state index is 6.07. The molecule has 0 aliphatic rings. The van der Waals surface area contributed by atoms with Gasteiger partial charge in [0.25, 0.3) is 0 Å². The van der Waals surface area contributed by atoms with Crippen LogP contribution >= 0.6 is 34.7 Å². The van der Waals surface area contributed by atoms with E-state index in [-0.39, 0.29) is 0 Å². The normalized spacial score (nSPS) is 11.0. The lowest BCUT2D eigenvalue weighted by molar-refractivity contribution is 0.391. The Morgan fingerprint density at radius 2 is 2.25 bits per heavy atom. The first-order chi connectivity index (χ1) is 11.8. The monoisotopic (exact) mass is 374 g/mol. The van der Waals surface area contributed by atoms with Gasteiger partial charge in [0.2, 0.25) is 11.7 Å². The molecule has 4 aromatic rings. The lowest BCUT2D eigenvalue weighted by Gasteiger charge is -2.06. The number of benzene rings is 1. The van der Waals surface area contributed by atoms with Crippen molar-refractivity contribution in [2.24, 2.45) is 0 Å². The number of nitrogens with zero attached hydrogens (tertiary/aromatic N) is 4. The minimum Gasteiger partial charge on any atom is -0.338 e. The number of thiophene rings is 1. The maximum Gasteiger partial charge on any atom is 0.237 e. The summed E-state index contributed by atoms with van der Waals surface area (Å²) in [6.45, 7) is 0.